The van der Waals surface area contributed by atoms with Crippen molar-refractivity contribution in [3.8, 4) is 0 Å². The maximum absolute atomic E-state index is 6.61. The molecule has 18 heavy (non-hydrogen) atoms. The first-order valence-corrected chi connectivity index (χ1v) is 8.07. The second kappa shape index (κ2) is 7.49. The van der Waals surface area contributed by atoms with E-state index >= 15 is 0 Å². The summed E-state index contributed by atoms with van der Waals surface area (Å²) in [4.78, 5) is 2.64. The van der Waals surface area contributed by atoms with Crippen LogP contribution >= 0.6 is 0 Å². The lowest BCUT2D eigenvalue weighted by Gasteiger charge is -2.45. The molecule has 0 spiro atoms. The zero-order valence-corrected chi connectivity index (χ0v) is 13.0. The van der Waals surface area contributed by atoms with E-state index in [0.29, 0.717) is 11.6 Å². The van der Waals surface area contributed by atoms with Gasteiger partial charge in [0.2, 0.25) is 0 Å². The van der Waals surface area contributed by atoms with Gasteiger partial charge >= 0.3 is 0 Å². The van der Waals surface area contributed by atoms with Crippen LogP contribution in [-0.4, -0.2) is 29.6 Å². The Labute approximate surface area is 114 Å². The topological polar surface area (TPSA) is 29.3 Å². The molecule has 0 heterocycles. The van der Waals surface area contributed by atoms with Gasteiger partial charge in [0.25, 0.3) is 0 Å². The average molecular weight is 254 g/mol. The van der Waals surface area contributed by atoms with Crippen LogP contribution < -0.4 is 5.73 Å². The van der Waals surface area contributed by atoms with Gasteiger partial charge in [0, 0.05) is 11.6 Å². The molecule has 2 heteroatoms. The molecule has 2 N–H and O–H groups in total. The Kier molecular flexibility index (Phi) is 6.65. The highest BCUT2D eigenvalue weighted by atomic mass is 15.2. The maximum atomic E-state index is 6.61. The summed E-state index contributed by atoms with van der Waals surface area (Å²) in [5.74, 6) is 0.810. The van der Waals surface area contributed by atoms with Gasteiger partial charge in [-0.2, -0.15) is 0 Å². The predicted octanol–water partition coefficient (Wildman–Crippen LogP) is 3.79. The Hall–Kier alpha value is -0.0800. The van der Waals surface area contributed by atoms with Gasteiger partial charge in [-0.15, -0.1) is 0 Å². The predicted molar refractivity (Wildman–Crippen MR) is 80.8 cm³/mol. The fourth-order valence-electron chi connectivity index (χ4n) is 3.78. The number of likely N-dealkylation sites (N-methyl/N-ethyl adjacent to an activating group) is 1. The Balaban J connectivity index is 2.60. The zero-order valence-electron chi connectivity index (χ0n) is 13.0. The highest BCUT2D eigenvalue weighted by Crippen LogP contribution is 2.38. The van der Waals surface area contributed by atoms with Crippen LogP contribution in [0.3, 0.4) is 0 Å². The van der Waals surface area contributed by atoms with Crippen LogP contribution in [0.4, 0.5) is 0 Å². The highest BCUT2D eigenvalue weighted by molar-refractivity contribution is 5.01. The minimum Gasteiger partial charge on any atom is -0.326 e. The molecule has 108 valence electrons. The van der Waals surface area contributed by atoms with E-state index in [1.54, 1.807) is 0 Å². The molecule has 0 saturated heterocycles. The Morgan fingerprint density at radius 1 is 1.06 bits per heavy atom. The van der Waals surface area contributed by atoms with Crippen LogP contribution in [0.5, 0.6) is 0 Å². The van der Waals surface area contributed by atoms with Crippen molar-refractivity contribution in [1.29, 1.82) is 0 Å². The molecule has 1 aliphatic rings. The van der Waals surface area contributed by atoms with Crippen molar-refractivity contribution in [2.24, 2.45) is 11.7 Å². The van der Waals surface area contributed by atoms with Gasteiger partial charge in [-0.1, -0.05) is 53.4 Å². The molecule has 0 aromatic rings. The van der Waals surface area contributed by atoms with E-state index in [1.165, 1.54) is 44.9 Å². The molecule has 1 atom stereocenters. The first-order chi connectivity index (χ1) is 8.56. The molecule has 1 rings (SSSR count). The van der Waals surface area contributed by atoms with Crippen LogP contribution in [0, 0.1) is 5.92 Å². The zero-order chi connectivity index (χ0) is 13.6. The average Bonchev–Trinajstić information content (AvgIpc) is 2.80. The maximum Gasteiger partial charge on any atom is 0.0360 e. The standard InChI is InChI=1S/C16H34N2/c1-5-18(6-2)16(12-7-8-13-16)15(17)11-9-10-14(3)4/h14-15H,5-13,17H2,1-4H3. The van der Waals surface area contributed by atoms with Gasteiger partial charge in [0.05, 0.1) is 0 Å². The second-order valence-electron chi connectivity index (χ2n) is 6.41. The Bertz CT molecular complexity index is 215. The van der Waals surface area contributed by atoms with Crippen LogP contribution in [0.15, 0.2) is 0 Å². The van der Waals surface area contributed by atoms with E-state index in [4.69, 9.17) is 5.73 Å². The summed E-state index contributed by atoms with van der Waals surface area (Å²) in [5.41, 5.74) is 6.93. The molecule has 0 radical (unpaired) electrons. The minimum absolute atomic E-state index is 0.320. The van der Waals surface area contributed by atoms with Gasteiger partial charge in [-0.3, -0.25) is 4.90 Å². The smallest absolute Gasteiger partial charge is 0.0360 e. The van der Waals surface area contributed by atoms with Crippen molar-refractivity contribution in [3.05, 3.63) is 0 Å². The van der Waals surface area contributed by atoms with Gasteiger partial charge in [0.15, 0.2) is 0 Å². The van der Waals surface area contributed by atoms with Gasteiger partial charge in [-0.25, -0.2) is 0 Å². The molecule has 0 amide bonds. The molecule has 0 aromatic carbocycles. The largest absolute Gasteiger partial charge is 0.326 e. The van der Waals surface area contributed by atoms with Gasteiger partial charge < -0.3 is 5.73 Å². The van der Waals surface area contributed by atoms with E-state index in [1.807, 2.05) is 0 Å². The summed E-state index contributed by atoms with van der Waals surface area (Å²) in [6.45, 7) is 11.5. The Morgan fingerprint density at radius 2 is 1.61 bits per heavy atom. The van der Waals surface area contributed by atoms with E-state index in [2.05, 4.69) is 32.6 Å². The van der Waals surface area contributed by atoms with Crippen molar-refractivity contribution in [3.63, 3.8) is 0 Å². The van der Waals surface area contributed by atoms with Crippen LogP contribution in [0.2, 0.25) is 0 Å². The molecule has 1 aliphatic carbocycles. The molecule has 0 bridgehead atoms. The van der Waals surface area contributed by atoms with Crippen molar-refractivity contribution in [2.45, 2.75) is 84.2 Å². The molecule has 2 nitrogen and oxygen atoms in total. The first kappa shape index (κ1) is 16.0. The molecular formula is C16H34N2. The normalized spacial score (nSPS) is 20.8. The van der Waals surface area contributed by atoms with E-state index < -0.39 is 0 Å². The third-order valence-corrected chi connectivity index (χ3v) is 4.85. The summed E-state index contributed by atoms with van der Waals surface area (Å²) in [5, 5.41) is 0. The van der Waals surface area contributed by atoms with Crippen molar-refractivity contribution >= 4 is 0 Å². The molecule has 1 fully saturated rings. The fraction of sp³-hybridized carbons (Fsp3) is 1.00. The molecule has 0 aliphatic heterocycles. The van der Waals surface area contributed by atoms with Crippen LogP contribution in [-0.2, 0) is 0 Å². The molecule has 0 aromatic heterocycles. The SMILES string of the molecule is CCN(CC)C1(C(N)CCCC(C)C)CCCC1. The number of nitrogens with zero attached hydrogens (tertiary/aromatic N) is 1. The van der Waals surface area contributed by atoms with Crippen molar-refractivity contribution < 1.29 is 0 Å². The van der Waals surface area contributed by atoms with Gasteiger partial charge in [0.1, 0.15) is 0 Å². The summed E-state index contributed by atoms with van der Waals surface area (Å²) in [6, 6.07) is 0.374. The third kappa shape index (κ3) is 3.71. The van der Waals surface area contributed by atoms with E-state index in [-0.39, 0.29) is 0 Å². The first-order valence-electron chi connectivity index (χ1n) is 8.07. The molecule has 1 unspecified atom stereocenters. The lowest BCUT2D eigenvalue weighted by Crippen LogP contribution is -2.58. The van der Waals surface area contributed by atoms with E-state index in [9.17, 15) is 0 Å². The van der Waals surface area contributed by atoms with Crippen LogP contribution in [0.25, 0.3) is 0 Å². The molecular weight excluding hydrogens is 220 g/mol. The number of nitrogens with two attached hydrogens (primary N) is 1. The lowest BCUT2D eigenvalue weighted by atomic mass is 9.83. The third-order valence-electron chi connectivity index (χ3n) is 4.85. The summed E-state index contributed by atoms with van der Waals surface area (Å²) >= 11 is 0. The Morgan fingerprint density at radius 3 is 2.06 bits per heavy atom. The summed E-state index contributed by atoms with van der Waals surface area (Å²) in [7, 11) is 0. The van der Waals surface area contributed by atoms with Crippen molar-refractivity contribution in [2.75, 3.05) is 13.1 Å². The van der Waals surface area contributed by atoms with E-state index in [0.717, 1.165) is 19.0 Å². The summed E-state index contributed by atoms with van der Waals surface area (Å²) < 4.78 is 0. The number of hydrogen-bond acceptors (Lipinski definition) is 2. The minimum atomic E-state index is 0.320. The number of rotatable bonds is 8. The molecule has 1 saturated carbocycles. The highest BCUT2D eigenvalue weighted by Gasteiger charge is 2.42. The summed E-state index contributed by atoms with van der Waals surface area (Å²) in [6.07, 6.45) is 9.19. The lowest BCUT2D eigenvalue weighted by molar-refractivity contribution is 0.0729. The van der Waals surface area contributed by atoms with Crippen LogP contribution in [0.1, 0.15) is 72.6 Å². The van der Waals surface area contributed by atoms with Gasteiger partial charge in [-0.05, 0) is 38.3 Å². The number of hydrogen-bond donors (Lipinski definition) is 1. The second-order valence-corrected chi connectivity index (χ2v) is 6.41. The van der Waals surface area contributed by atoms with Crippen molar-refractivity contribution in [1.82, 2.24) is 4.90 Å². The quantitative estimate of drug-likeness (QED) is 0.714. The monoisotopic (exact) mass is 254 g/mol. The fourth-order valence-corrected chi connectivity index (χ4v) is 3.78.